The molecule has 0 amide bonds. The molecule has 0 bridgehead atoms. The lowest BCUT2D eigenvalue weighted by atomic mass is 10.1. The molecule has 0 atom stereocenters. The highest BCUT2D eigenvalue weighted by Gasteiger charge is 2.08. The average Bonchev–Trinajstić information content (AvgIpc) is 2.62. The van der Waals surface area contributed by atoms with E-state index in [1.807, 2.05) is 30.3 Å². The molecule has 6 nitrogen and oxygen atoms in total. The molecule has 0 radical (unpaired) electrons. The lowest BCUT2D eigenvalue weighted by Crippen LogP contribution is -1.97. The van der Waals surface area contributed by atoms with Crippen LogP contribution in [0.4, 0.5) is 0 Å². The van der Waals surface area contributed by atoms with Crippen molar-refractivity contribution in [2.75, 3.05) is 0 Å². The van der Waals surface area contributed by atoms with Gasteiger partial charge in [0.15, 0.2) is 0 Å². The second kappa shape index (κ2) is 8.64. The minimum Gasteiger partial charge on any atom is -0.282 e. The lowest BCUT2D eigenvalue weighted by Gasteiger charge is -2.02. The van der Waals surface area contributed by atoms with Gasteiger partial charge in [0.1, 0.15) is 0 Å². The Morgan fingerprint density at radius 2 is 0.926 bits per heavy atom. The number of benzene rings is 3. The third-order valence-electron chi connectivity index (χ3n) is 3.37. The fourth-order valence-corrected chi connectivity index (χ4v) is 3.14. The van der Waals surface area contributed by atoms with E-state index in [0.717, 1.165) is 11.1 Å². The van der Waals surface area contributed by atoms with Gasteiger partial charge in [-0.15, -0.1) is 0 Å². The smallest absolute Gasteiger partial charge is 0.282 e. The van der Waals surface area contributed by atoms with Crippen molar-refractivity contribution in [1.29, 1.82) is 0 Å². The number of hydrogen-bond acceptors (Lipinski definition) is 4. The van der Waals surface area contributed by atoms with Gasteiger partial charge in [0.2, 0.25) is 0 Å². The molecule has 0 aliphatic heterocycles. The van der Waals surface area contributed by atoms with E-state index in [1.54, 1.807) is 12.1 Å². The number of hydrogen-bond donors (Lipinski definition) is 2. The van der Waals surface area contributed by atoms with Gasteiger partial charge >= 0.3 is 0 Å². The summed E-state index contributed by atoms with van der Waals surface area (Å²) in [6, 6.07) is 21.0. The Hall–Kier alpha value is -2.23. The van der Waals surface area contributed by atoms with Crippen LogP contribution in [0, 0.1) is 0 Å². The first-order chi connectivity index (χ1) is 12.6. The Labute approximate surface area is 162 Å². The monoisotopic (exact) mass is 426 g/mol. The van der Waals surface area contributed by atoms with E-state index in [2.05, 4.69) is 0 Å². The summed E-state index contributed by atoms with van der Waals surface area (Å²) in [7, 11) is -8.18. The van der Waals surface area contributed by atoms with Gasteiger partial charge in [-0.3, -0.25) is 9.11 Å². The molecule has 3 aromatic carbocycles. The zero-order valence-corrected chi connectivity index (χ0v) is 16.1. The van der Waals surface area contributed by atoms with Gasteiger partial charge in [-0.05, 0) is 47.5 Å². The zero-order chi connectivity index (χ0) is 20.1. The van der Waals surface area contributed by atoms with E-state index in [4.69, 9.17) is 20.7 Å². The van der Waals surface area contributed by atoms with Crippen molar-refractivity contribution in [3.63, 3.8) is 0 Å². The van der Waals surface area contributed by atoms with Gasteiger partial charge in [0.25, 0.3) is 20.2 Å². The summed E-state index contributed by atoms with van der Waals surface area (Å²) in [6.45, 7) is 0. The van der Waals surface area contributed by atoms with Crippen LogP contribution in [0.3, 0.4) is 0 Å². The van der Waals surface area contributed by atoms with Crippen molar-refractivity contribution < 1.29 is 25.9 Å². The molecule has 0 saturated heterocycles. The maximum Gasteiger partial charge on any atom is 0.294 e. The molecular formula is C18H15ClO6S2. The van der Waals surface area contributed by atoms with Gasteiger partial charge in [-0.2, -0.15) is 16.8 Å². The Bertz CT molecular complexity index is 1090. The van der Waals surface area contributed by atoms with Crippen molar-refractivity contribution in [2.24, 2.45) is 0 Å². The van der Waals surface area contributed by atoms with Crippen LogP contribution in [-0.2, 0) is 20.2 Å². The molecule has 27 heavy (non-hydrogen) atoms. The normalized spacial score (nSPS) is 11.4. The summed E-state index contributed by atoms with van der Waals surface area (Å²) >= 11 is 5.49. The minimum atomic E-state index is -4.10. The summed E-state index contributed by atoms with van der Waals surface area (Å²) < 4.78 is 59.9. The third-order valence-corrected chi connectivity index (χ3v) is 5.36. The fraction of sp³-hybridized carbons (Fsp3) is 0. The van der Waals surface area contributed by atoms with Gasteiger partial charge in [-0.25, -0.2) is 0 Å². The van der Waals surface area contributed by atoms with E-state index in [1.165, 1.54) is 36.4 Å². The predicted molar refractivity (Wildman–Crippen MR) is 103 cm³/mol. The highest BCUT2D eigenvalue weighted by Crippen LogP contribution is 2.20. The Kier molecular flexibility index (Phi) is 6.74. The van der Waals surface area contributed by atoms with E-state index in [-0.39, 0.29) is 9.79 Å². The number of halogens is 1. The minimum absolute atomic E-state index is 0.0906. The molecule has 0 fully saturated rings. The highest BCUT2D eigenvalue weighted by atomic mass is 35.5. The molecule has 0 aliphatic rings. The van der Waals surface area contributed by atoms with Crippen LogP contribution in [0.2, 0.25) is 5.02 Å². The number of rotatable bonds is 3. The predicted octanol–water partition coefficient (Wildman–Crippen LogP) is 4.19. The first-order valence-corrected chi connectivity index (χ1v) is 10.7. The van der Waals surface area contributed by atoms with Crippen LogP contribution in [0.1, 0.15) is 0 Å². The highest BCUT2D eigenvalue weighted by molar-refractivity contribution is 7.86. The summed E-state index contributed by atoms with van der Waals surface area (Å²) in [6.07, 6.45) is 0. The van der Waals surface area contributed by atoms with Gasteiger partial charge in [-0.1, -0.05) is 54.1 Å². The Balaban J connectivity index is 0.000000208. The molecular weight excluding hydrogens is 412 g/mol. The second-order valence-corrected chi connectivity index (χ2v) is 8.57. The summed E-state index contributed by atoms with van der Waals surface area (Å²) in [5, 5.41) is 0.428. The van der Waals surface area contributed by atoms with Crippen molar-refractivity contribution in [3.8, 4) is 11.1 Å². The topological polar surface area (TPSA) is 109 Å². The molecule has 0 aromatic heterocycles. The van der Waals surface area contributed by atoms with E-state index in [0.29, 0.717) is 5.02 Å². The SMILES string of the molecule is O=S(=O)(O)c1ccc(-c2ccccc2)cc1.O=S(=O)(O)c1ccc(Cl)cc1. The molecule has 0 heterocycles. The van der Waals surface area contributed by atoms with Crippen molar-refractivity contribution in [3.05, 3.63) is 83.9 Å². The summed E-state index contributed by atoms with van der Waals surface area (Å²) in [4.78, 5) is -0.242. The van der Waals surface area contributed by atoms with Crippen LogP contribution in [0.15, 0.2) is 88.7 Å². The first kappa shape index (κ1) is 21.1. The maximum atomic E-state index is 10.8. The summed E-state index contributed by atoms with van der Waals surface area (Å²) in [5.41, 5.74) is 1.91. The van der Waals surface area contributed by atoms with E-state index in [9.17, 15) is 16.8 Å². The standard InChI is InChI=1S/C12H10O3S.C6H5ClO3S/c13-16(14,15)12-8-6-11(7-9-12)10-4-2-1-3-5-10;7-5-1-3-6(4-2-5)11(8,9)10/h1-9H,(H,13,14,15);1-4H,(H,8,9,10). The zero-order valence-electron chi connectivity index (χ0n) is 13.7. The van der Waals surface area contributed by atoms with E-state index >= 15 is 0 Å². The largest absolute Gasteiger partial charge is 0.294 e. The van der Waals surface area contributed by atoms with Crippen LogP contribution < -0.4 is 0 Å². The molecule has 2 N–H and O–H groups in total. The van der Waals surface area contributed by atoms with Crippen molar-refractivity contribution in [1.82, 2.24) is 0 Å². The van der Waals surface area contributed by atoms with Crippen molar-refractivity contribution >= 4 is 31.8 Å². The molecule has 0 saturated carbocycles. The van der Waals surface area contributed by atoms with Crippen LogP contribution >= 0.6 is 11.6 Å². The molecule has 9 heteroatoms. The summed E-state index contributed by atoms with van der Waals surface area (Å²) in [5.74, 6) is 0. The molecule has 0 spiro atoms. The van der Waals surface area contributed by atoms with E-state index < -0.39 is 20.2 Å². The first-order valence-electron chi connectivity index (χ1n) is 7.43. The Morgan fingerprint density at radius 3 is 1.33 bits per heavy atom. The van der Waals surface area contributed by atoms with Crippen LogP contribution in [0.5, 0.6) is 0 Å². The maximum absolute atomic E-state index is 10.8. The average molecular weight is 427 g/mol. The van der Waals surface area contributed by atoms with Crippen molar-refractivity contribution in [2.45, 2.75) is 9.79 Å². The molecule has 0 unspecified atom stereocenters. The Morgan fingerprint density at radius 1 is 0.556 bits per heavy atom. The van der Waals surface area contributed by atoms with Crippen LogP contribution in [-0.4, -0.2) is 25.9 Å². The molecule has 3 rings (SSSR count). The van der Waals surface area contributed by atoms with Gasteiger partial charge in [0.05, 0.1) is 9.79 Å². The van der Waals surface area contributed by atoms with Gasteiger partial charge < -0.3 is 0 Å². The second-order valence-electron chi connectivity index (χ2n) is 5.29. The van der Waals surface area contributed by atoms with Gasteiger partial charge in [0, 0.05) is 5.02 Å². The molecule has 142 valence electrons. The molecule has 3 aromatic rings. The fourth-order valence-electron chi connectivity index (χ4n) is 2.06. The quantitative estimate of drug-likeness (QED) is 0.608. The molecule has 0 aliphatic carbocycles. The third kappa shape index (κ3) is 6.46. The lowest BCUT2D eigenvalue weighted by molar-refractivity contribution is 0.481. The van der Waals surface area contributed by atoms with Crippen LogP contribution in [0.25, 0.3) is 11.1 Å².